The van der Waals surface area contributed by atoms with Crippen molar-refractivity contribution in [3.63, 3.8) is 0 Å². The van der Waals surface area contributed by atoms with E-state index in [-0.39, 0.29) is 5.91 Å². The summed E-state index contributed by atoms with van der Waals surface area (Å²) in [4.78, 5) is 16.7. The molecule has 2 aromatic rings. The Balaban J connectivity index is 1.44. The maximum absolute atomic E-state index is 12.4. The number of nitrogens with zero attached hydrogens (tertiary/aromatic N) is 3. The summed E-state index contributed by atoms with van der Waals surface area (Å²) >= 11 is 0. The standard InChI is InChI=1S/C18H23N3O2/c1-15-4-2-3-5-16(15)6-7-18(22)21-11-9-20(10-12-21)14-17-8-13-23-19-17/h2-5,8,13H,6-7,9-12,14H2,1H3. The molecule has 23 heavy (non-hydrogen) atoms. The van der Waals surface area contributed by atoms with E-state index in [1.807, 2.05) is 23.1 Å². The lowest BCUT2D eigenvalue weighted by Gasteiger charge is -2.34. The van der Waals surface area contributed by atoms with Gasteiger partial charge in [0.05, 0.1) is 5.69 Å². The van der Waals surface area contributed by atoms with Crippen LogP contribution in [0.25, 0.3) is 0 Å². The number of carbonyl (C=O) groups is 1. The molecule has 1 aromatic heterocycles. The van der Waals surface area contributed by atoms with E-state index in [1.54, 1.807) is 6.26 Å². The van der Waals surface area contributed by atoms with Gasteiger partial charge in [0.15, 0.2) is 0 Å². The van der Waals surface area contributed by atoms with E-state index in [0.717, 1.165) is 44.8 Å². The highest BCUT2D eigenvalue weighted by molar-refractivity contribution is 5.76. The number of hydrogen-bond donors (Lipinski definition) is 0. The van der Waals surface area contributed by atoms with Crippen LogP contribution in [-0.4, -0.2) is 47.0 Å². The fraction of sp³-hybridized carbons (Fsp3) is 0.444. The van der Waals surface area contributed by atoms with E-state index >= 15 is 0 Å². The third-order valence-corrected chi connectivity index (χ3v) is 4.47. The van der Waals surface area contributed by atoms with Crippen molar-refractivity contribution in [3.05, 3.63) is 53.4 Å². The van der Waals surface area contributed by atoms with Gasteiger partial charge in [-0.25, -0.2) is 0 Å². The summed E-state index contributed by atoms with van der Waals surface area (Å²) in [6.07, 6.45) is 3.01. The van der Waals surface area contributed by atoms with Gasteiger partial charge in [-0.3, -0.25) is 9.69 Å². The average Bonchev–Trinajstić information content (AvgIpc) is 3.07. The Hall–Kier alpha value is -2.14. The Morgan fingerprint density at radius 1 is 1.17 bits per heavy atom. The number of amides is 1. The first-order chi connectivity index (χ1) is 11.2. The molecule has 1 aliphatic rings. The third-order valence-electron chi connectivity index (χ3n) is 4.47. The molecule has 122 valence electrons. The smallest absolute Gasteiger partial charge is 0.222 e. The van der Waals surface area contributed by atoms with Crippen LogP contribution in [0.1, 0.15) is 23.2 Å². The number of aromatic nitrogens is 1. The molecule has 0 saturated carbocycles. The minimum absolute atomic E-state index is 0.259. The Labute approximate surface area is 136 Å². The van der Waals surface area contributed by atoms with Crippen molar-refractivity contribution in [2.45, 2.75) is 26.3 Å². The molecule has 1 aliphatic heterocycles. The first-order valence-electron chi connectivity index (χ1n) is 8.16. The highest BCUT2D eigenvalue weighted by Gasteiger charge is 2.21. The summed E-state index contributed by atoms with van der Waals surface area (Å²) in [6.45, 7) is 6.27. The van der Waals surface area contributed by atoms with Gasteiger partial charge in [0.1, 0.15) is 6.26 Å². The maximum atomic E-state index is 12.4. The summed E-state index contributed by atoms with van der Waals surface area (Å²) in [6, 6.07) is 10.2. The number of piperazine rings is 1. The first kappa shape index (κ1) is 15.7. The molecular weight excluding hydrogens is 290 g/mol. The minimum atomic E-state index is 0.259. The number of hydrogen-bond acceptors (Lipinski definition) is 4. The lowest BCUT2D eigenvalue weighted by atomic mass is 10.0. The molecule has 3 rings (SSSR count). The van der Waals surface area contributed by atoms with Crippen molar-refractivity contribution < 1.29 is 9.32 Å². The van der Waals surface area contributed by atoms with Crippen LogP contribution in [0.5, 0.6) is 0 Å². The zero-order valence-corrected chi connectivity index (χ0v) is 13.6. The number of rotatable bonds is 5. The van der Waals surface area contributed by atoms with E-state index < -0.39 is 0 Å². The number of carbonyl (C=O) groups excluding carboxylic acids is 1. The van der Waals surface area contributed by atoms with Gasteiger partial charge in [0, 0.05) is 45.2 Å². The summed E-state index contributed by atoms with van der Waals surface area (Å²) in [5.41, 5.74) is 3.48. The highest BCUT2D eigenvalue weighted by atomic mass is 16.5. The molecule has 5 nitrogen and oxygen atoms in total. The molecule has 1 saturated heterocycles. The highest BCUT2D eigenvalue weighted by Crippen LogP contribution is 2.12. The first-order valence-corrected chi connectivity index (χ1v) is 8.16. The third kappa shape index (κ3) is 4.20. The monoisotopic (exact) mass is 313 g/mol. The van der Waals surface area contributed by atoms with Crippen molar-refractivity contribution in [3.8, 4) is 0 Å². The lowest BCUT2D eigenvalue weighted by molar-refractivity contribution is -0.133. The molecule has 0 aliphatic carbocycles. The Morgan fingerprint density at radius 2 is 1.96 bits per heavy atom. The predicted molar refractivity (Wildman–Crippen MR) is 87.9 cm³/mol. The Morgan fingerprint density at radius 3 is 2.65 bits per heavy atom. The van der Waals surface area contributed by atoms with Crippen molar-refractivity contribution in [1.82, 2.24) is 15.0 Å². The van der Waals surface area contributed by atoms with E-state index in [2.05, 4.69) is 29.1 Å². The van der Waals surface area contributed by atoms with E-state index in [9.17, 15) is 4.79 Å². The molecule has 0 N–H and O–H groups in total. The normalized spacial score (nSPS) is 15.8. The number of benzene rings is 1. The second kappa shape index (κ2) is 7.42. The predicted octanol–water partition coefficient (Wildman–Crippen LogP) is 2.26. The lowest BCUT2D eigenvalue weighted by Crippen LogP contribution is -2.48. The quantitative estimate of drug-likeness (QED) is 0.849. The second-order valence-electron chi connectivity index (χ2n) is 6.07. The van der Waals surface area contributed by atoms with Gasteiger partial charge in [-0.15, -0.1) is 0 Å². The molecule has 0 radical (unpaired) electrons. The van der Waals surface area contributed by atoms with Crippen LogP contribution in [0.4, 0.5) is 0 Å². The van der Waals surface area contributed by atoms with Crippen LogP contribution < -0.4 is 0 Å². The molecule has 1 amide bonds. The summed E-state index contributed by atoms with van der Waals surface area (Å²) in [5, 5.41) is 3.94. The number of aryl methyl sites for hydroxylation is 2. The van der Waals surface area contributed by atoms with Gasteiger partial charge < -0.3 is 9.42 Å². The molecule has 1 aromatic carbocycles. The molecule has 0 spiro atoms. The van der Waals surface area contributed by atoms with Gasteiger partial charge in [-0.05, 0) is 24.5 Å². The largest absolute Gasteiger partial charge is 0.364 e. The van der Waals surface area contributed by atoms with Crippen LogP contribution in [0, 0.1) is 6.92 Å². The van der Waals surface area contributed by atoms with E-state index in [1.165, 1.54) is 11.1 Å². The Bertz CT molecular complexity index is 631. The molecular formula is C18H23N3O2. The van der Waals surface area contributed by atoms with Crippen molar-refractivity contribution in [1.29, 1.82) is 0 Å². The topological polar surface area (TPSA) is 49.6 Å². The van der Waals surface area contributed by atoms with Crippen LogP contribution in [0.3, 0.4) is 0 Å². The molecule has 5 heteroatoms. The molecule has 0 unspecified atom stereocenters. The summed E-state index contributed by atoms with van der Waals surface area (Å²) in [5.74, 6) is 0.259. The fourth-order valence-electron chi connectivity index (χ4n) is 2.99. The average molecular weight is 313 g/mol. The van der Waals surface area contributed by atoms with Crippen LogP contribution >= 0.6 is 0 Å². The molecule has 2 heterocycles. The second-order valence-corrected chi connectivity index (χ2v) is 6.07. The fourth-order valence-corrected chi connectivity index (χ4v) is 2.99. The maximum Gasteiger partial charge on any atom is 0.222 e. The van der Waals surface area contributed by atoms with Crippen LogP contribution in [0.2, 0.25) is 0 Å². The van der Waals surface area contributed by atoms with Crippen molar-refractivity contribution in [2.75, 3.05) is 26.2 Å². The van der Waals surface area contributed by atoms with Crippen molar-refractivity contribution in [2.24, 2.45) is 0 Å². The van der Waals surface area contributed by atoms with Gasteiger partial charge in [-0.1, -0.05) is 29.4 Å². The van der Waals surface area contributed by atoms with Crippen LogP contribution in [0.15, 0.2) is 41.1 Å². The Kier molecular flexibility index (Phi) is 5.08. The molecule has 0 atom stereocenters. The van der Waals surface area contributed by atoms with E-state index in [4.69, 9.17) is 4.52 Å². The van der Waals surface area contributed by atoms with Crippen LogP contribution in [-0.2, 0) is 17.8 Å². The summed E-state index contributed by atoms with van der Waals surface area (Å²) < 4.78 is 4.86. The van der Waals surface area contributed by atoms with Gasteiger partial charge >= 0.3 is 0 Å². The van der Waals surface area contributed by atoms with Crippen molar-refractivity contribution >= 4 is 5.91 Å². The molecule has 1 fully saturated rings. The summed E-state index contributed by atoms with van der Waals surface area (Å²) in [7, 11) is 0. The van der Waals surface area contributed by atoms with Gasteiger partial charge in [0.2, 0.25) is 5.91 Å². The van der Waals surface area contributed by atoms with Gasteiger partial charge in [-0.2, -0.15) is 0 Å². The van der Waals surface area contributed by atoms with Gasteiger partial charge in [0.25, 0.3) is 0 Å². The zero-order valence-electron chi connectivity index (χ0n) is 13.6. The van der Waals surface area contributed by atoms with E-state index in [0.29, 0.717) is 6.42 Å². The minimum Gasteiger partial charge on any atom is -0.364 e. The SMILES string of the molecule is Cc1ccccc1CCC(=O)N1CCN(Cc2ccon2)CC1. The zero-order chi connectivity index (χ0) is 16.1. The molecule has 0 bridgehead atoms.